The molecule has 0 aliphatic carbocycles. The largest absolute Gasteiger partial charge is 0.493 e. The van der Waals surface area contributed by atoms with Gasteiger partial charge in [0.15, 0.2) is 17.5 Å². The Hall–Kier alpha value is -1.27. The predicted molar refractivity (Wildman–Crippen MR) is 137 cm³/mol. The van der Waals surface area contributed by atoms with Crippen LogP contribution in [0.1, 0.15) is 26.7 Å². The van der Waals surface area contributed by atoms with Gasteiger partial charge in [-0.25, -0.2) is 13.4 Å². The molecule has 0 aromatic heterocycles. The van der Waals surface area contributed by atoms with E-state index in [9.17, 15) is 8.42 Å². The van der Waals surface area contributed by atoms with Crippen molar-refractivity contribution in [3.8, 4) is 11.5 Å². The normalized spacial score (nSPS) is 16.8. The summed E-state index contributed by atoms with van der Waals surface area (Å²) in [4.78, 5) is 6.90. The highest BCUT2D eigenvalue weighted by Gasteiger charge is 2.21. The van der Waals surface area contributed by atoms with E-state index < -0.39 is 9.84 Å². The lowest BCUT2D eigenvalue weighted by Crippen LogP contribution is -2.49. The van der Waals surface area contributed by atoms with Gasteiger partial charge >= 0.3 is 0 Å². The molecule has 1 heterocycles. The molecule has 1 aromatic rings. The van der Waals surface area contributed by atoms with Crippen LogP contribution in [0.15, 0.2) is 29.3 Å². The zero-order valence-corrected chi connectivity index (χ0v) is 22.1. The Labute approximate surface area is 204 Å². The highest BCUT2D eigenvalue weighted by molar-refractivity contribution is 14.0. The van der Waals surface area contributed by atoms with Gasteiger partial charge in [0.1, 0.15) is 15.9 Å². The molecule has 0 saturated carbocycles. The standard InChI is InChI=1S/C21H36N4O4S.HI/c1-5-22-21(23-16-17(2)29-20-9-7-6-8-19(20)28-3)24-18-10-12-25(13-11-18)14-15-30(4,26)27;/h6-9,17-18H,5,10-16H2,1-4H3,(H2,22,23,24);1H. The molecule has 1 atom stereocenters. The zero-order valence-electron chi connectivity index (χ0n) is 19.0. The van der Waals surface area contributed by atoms with E-state index in [1.54, 1.807) is 7.11 Å². The van der Waals surface area contributed by atoms with E-state index in [1.165, 1.54) is 6.26 Å². The number of sulfone groups is 1. The number of halogens is 1. The summed E-state index contributed by atoms with van der Waals surface area (Å²) in [5, 5.41) is 6.80. The lowest BCUT2D eigenvalue weighted by molar-refractivity contribution is 0.214. The number of nitrogens with zero attached hydrogens (tertiary/aromatic N) is 2. The number of aliphatic imine (C=N–C) groups is 1. The summed E-state index contributed by atoms with van der Waals surface area (Å²) in [7, 11) is -1.28. The Balaban J connectivity index is 0.00000480. The van der Waals surface area contributed by atoms with Crippen LogP contribution in [0, 0.1) is 0 Å². The number of guanidine groups is 1. The molecule has 1 saturated heterocycles. The maximum atomic E-state index is 11.4. The van der Waals surface area contributed by atoms with E-state index in [0.717, 1.165) is 38.4 Å². The summed E-state index contributed by atoms with van der Waals surface area (Å²) in [6.45, 7) is 7.71. The Bertz CT molecular complexity index is 783. The highest BCUT2D eigenvalue weighted by atomic mass is 127. The molecule has 0 radical (unpaired) electrons. The van der Waals surface area contributed by atoms with E-state index >= 15 is 0 Å². The molecule has 8 nitrogen and oxygen atoms in total. The zero-order chi connectivity index (χ0) is 22.0. The van der Waals surface area contributed by atoms with Crippen LogP contribution >= 0.6 is 24.0 Å². The van der Waals surface area contributed by atoms with E-state index in [2.05, 4.69) is 20.5 Å². The van der Waals surface area contributed by atoms with E-state index in [4.69, 9.17) is 9.47 Å². The fourth-order valence-electron chi connectivity index (χ4n) is 3.30. The van der Waals surface area contributed by atoms with Crippen molar-refractivity contribution in [1.29, 1.82) is 0 Å². The summed E-state index contributed by atoms with van der Waals surface area (Å²) >= 11 is 0. The van der Waals surface area contributed by atoms with Crippen molar-refractivity contribution in [2.75, 3.05) is 51.8 Å². The average molecular weight is 569 g/mol. The summed E-state index contributed by atoms with van der Waals surface area (Å²) in [6, 6.07) is 7.91. The fraction of sp³-hybridized carbons (Fsp3) is 0.667. The van der Waals surface area contributed by atoms with Gasteiger partial charge in [-0.05, 0) is 38.8 Å². The second-order valence-corrected chi connectivity index (χ2v) is 9.95. The molecule has 1 aliphatic heterocycles. The van der Waals surface area contributed by atoms with Gasteiger partial charge in [-0.3, -0.25) is 0 Å². The molecular weight excluding hydrogens is 531 g/mol. The monoisotopic (exact) mass is 568 g/mol. The lowest BCUT2D eigenvalue weighted by Gasteiger charge is -2.33. The minimum atomic E-state index is -2.91. The number of nitrogens with one attached hydrogen (secondary N) is 2. The van der Waals surface area contributed by atoms with Crippen LogP contribution < -0.4 is 20.1 Å². The van der Waals surface area contributed by atoms with E-state index in [1.807, 2.05) is 38.1 Å². The first-order chi connectivity index (χ1) is 14.3. The molecular formula is C21H37IN4O4S. The molecule has 178 valence electrons. The van der Waals surface area contributed by atoms with Crippen LogP contribution in [-0.2, 0) is 9.84 Å². The van der Waals surface area contributed by atoms with Crippen LogP contribution in [-0.4, -0.2) is 83.3 Å². The first-order valence-electron chi connectivity index (χ1n) is 10.5. The summed E-state index contributed by atoms with van der Waals surface area (Å²) in [5.74, 6) is 2.42. The number of ether oxygens (including phenoxy) is 2. The topological polar surface area (TPSA) is 92.3 Å². The lowest BCUT2D eigenvalue weighted by atomic mass is 10.1. The first kappa shape index (κ1) is 27.8. The number of methoxy groups -OCH3 is 1. The van der Waals surface area contributed by atoms with Crippen molar-refractivity contribution in [2.45, 2.75) is 38.8 Å². The Morgan fingerprint density at radius 2 is 1.90 bits per heavy atom. The summed E-state index contributed by atoms with van der Waals surface area (Å²) in [5.41, 5.74) is 0. The van der Waals surface area contributed by atoms with E-state index in [-0.39, 0.29) is 35.8 Å². The number of likely N-dealkylation sites (tertiary alicyclic amines) is 1. The van der Waals surface area contributed by atoms with Gasteiger partial charge in [0.25, 0.3) is 0 Å². The van der Waals surface area contributed by atoms with Crippen molar-refractivity contribution in [2.24, 2.45) is 4.99 Å². The predicted octanol–water partition coefficient (Wildman–Crippen LogP) is 2.14. The van der Waals surface area contributed by atoms with E-state index in [0.29, 0.717) is 30.6 Å². The van der Waals surface area contributed by atoms with Crippen molar-refractivity contribution in [1.82, 2.24) is 15.5 Å². The fourth-order valence-corrected chi connectivity index (χ4v) is 3.89. The SMILES string of the molecule is CCNC(=NCC(C)Oc1ccccc1OC)NC1CCN(CCS(C)(=O)=O)CC1.I. The number of para-hydroxylation sites is 2. The number of piperidine rings is 1. The molecule has 1 fully saturated rings. The van der Waals surface area contributed by atoms with Crippen molar-refractivity contribution in [3.05, 3.63) is 24.3 Å². The van der Waals surface area contributed by atoms with Crippen LogP contribution in [0.2, 0.25) is 0 Å². The number of hydrogen-bond donors (Lipinski definition) is 2. The van der Waals surface area contributed by atoms with Crippen molar-refractivity contribution < 1.29 is 17.9 Å². The highest BCUT2D eigenvalue weighted by Crippen LogP contribution is 2.26. The van der Waals surface area contributed by atoms with Gasteiger partial charge in [0, 0.05) is 38.5 Å². The minimum absolute atomic E-state index is 0. The first-order valence-corrected chi connectivity index (χ1v) is 12.6. The van der Waals surface area contributed by atoms with Crippen LogP contribution in [0.4, 0.5) is 0 Å². The van der Waals surface area contributed by atoms with Crippen molar-refractivity contribution >= 4 is 39.8 Å². The molecule has 2 N–H and O–H groups in total. The van der Waals surface area contributed by atoms with Crippen molar-refractivity contribution in [3.63, 3.8) is 0 Å². The second kappa shape index (κ2) is 14.0. The molecule has 0 spiro atoms. The second-order valence-electron chi connectivity index (χ2n) is 7.69. The molecule has 0 bridgehead atoms. The smallest absolute Gasteiger partial charge is 0.191 e. The molecule has 1 aromatic carbocycles. The van der Waals surface area contributed by atoms with Gasteiger partial charge in [-0.2, -0.15) is 0 Å². The number of rotatable bonds is 10. The number of hydrogen-bond acceptors (Lipinski definition) is 6. The van der Waals surface area contributed by atoms with Crippen LogP contribution in [0.5, 0.6) is 11.5 Å². The van der Waals surface area contributed by atoms with Gasteiger partial charge in [-0.1, -0.05) is 12.1 Å². The van der Waals surface area contributed by atoms with Crippen LogP contribution in [0.25, 0.3) is 0 Å². The Morgan fingerprint density at radius 1 is 1.26 bits per heavy atom. The maximum Gasteiger partial charge on any atom is 0.191 e. The van der Waals surface area contributed by atoms with Crippen LogP contribution in [0.3, 0.4) is 0 Å². The molecule has 0 amide bonds. The molecule has 1 aliphatic rings. The average Bonchev–Trinajstić information content (AvgIpc) is 2.71. The Morgan fingerprint density at radius 3 is 2.48 bits per heavy atom. The third-order valence-electron chi connectivity index (χ3n) is 4.95. The summed E-state index contributed by atoms with van der Waals surface area (Å²) < 4.78 is 34.0. The molecule has 1 unspecified atom stereocenters. The Kier molecular flexibility index (Phi) is 12.5. The quantitative estimate of drug-likeness (QED) is 0.254. The van der Waals surface area contributed by atoms with Gasteiger partial charge in [0.2, 0.25) is 0 Å². The maximum absolute atomic E-state index is 11.4. The van der Waals surface area contributed by atoms with Gasteiger partial charge < -0.3 is 25.0 Å². The van der Waals surface area contributed by atoms with Gasteiger partial charge in [0.05, 0.1) is 19.4 Å². The molecule has 10 heteroatoms. The molecule has 31 heavy (non-hydrogen) atoms. The third kappa shape index (κ3) is 10.7. The minimum Gasteiger partial charge on any atom is -0.493 e. The van der Waals surface area contributed by atoms with Gasteiger partial charge in [-0.15, -0.1) is 24.0 Å². The summed E-state index contributed by atoms with van der Waals surface area (Å²) in [6.07, 6.45) is 3.11. The number of benzene rings is 1. The molecule has 2 rings (SSSR count). The third-order valence-corrected chi connectivity index (χ3v) is 5.88.